The summed E-state index contributed by atoms with van der Waals surface area (Å²) >= 11 is 0. The molecule has 0 aromatic heterocycles. The fourth-order valence-electron chi connectivity index (χ4n) is 8.54. The van der Waals surface area contributed by atoms with Crippen molar-refractivity contribution in [3.05, 3.63) is 0 Å². The van der Waals surface area contributed by atoms with Gasteiger partial charge in [0.15, 0.2) is 25.0 Å². The molecule has 67 heavy (non-hydrogen) atoms. The number of rotatable bonds is 34. The van der Waals surface area contributed by atoms with Gasteiger partial charge in [-0.3, -0.25) is 4.79 Å². The van der Waals surface area contributed by atoms with Crippen molar-refractivity contribution in [1.82, 2.24) is 0 Å². The largest absolute Gasteiger partial charge is 0.479 e. The number of carboxylic acid groups (broad SMARTS) is 1. The van der Waals surface area contributed by atoms with Crippen molar-refractivity contribution in [2.24, 2.45) is 5.92 Å². The number of hydrogen-bond donors (Lipinski definition) is 11. The van der Waals surface area contributed by atoms with Gasteiger partial charge >= 0.3 is 11.9 Å². The quantitative estimate of drug-likeness (QED) is 0.0323. The molecule has 11 N–H and O–H groups in total. The summed E-state index contributed by atoms with van der Waals surface area (Å²) in [5.74, 6) is -1.76. The molecular weight excluding hydrogens is 884 g/mol. The Morgan fingerprint density at radius 3 is 1.60 bits per heavy atom. The van der Waals surface area contributed by atoms with E-state index >= 15 is 0 Å². The lowest BCUT2D eigenvalue weighted by Crippen LogP contribution is -2.64. The summed E-state index contributed by atoms with van der Waals surface area (Å²) < 4.78 is 40.9. The van der Waals surface area contributed by atoms with Crippen LogP contribution in [-0.2, 0) is 42.7 Å². The van der Waals surface area contributed by atoms with Gasteiger partial charge in [-0.1, -0.05) is 111 Å². The van der Waals surface area contributed by atoms with Crippen molar-refractivity contribution < 1.29 is 98.9 Å². The molecule has 3 heterocycles. The summed E-state index contributed by atoms with van der Waals surface area (Å²) in [7, 11) is 0. The fraction of sp³-hybridized carbons (Fsp3) is 0.957. The first-order valence-corrected chi connectivity index (χ1v) is 25.0. The highest BCUT2D eigenvalue weighted by atomic mass is 16.8. The molecule has 3 aliphatic heterocycles. The Balaban J connectivity index is 1.51. The van der Waals surface area contributed by atoms with Crippen LogP contribution in [0, 0.1) is 5.92 Å². The Bertz CT molecular complexity index is 1330. The standard InChI is InChI=1S/C47H86O20/c1-4-5-15-19-29(20-18-23-31(49)30(48)21-16-13-11-9-7-6-8-10-12-14-17-22-32(50)44(59)60)64-46-42(37(54)33(51)25-62-46)67-47-43(38(55)34(52)26-63-47)66-45-41(58)40(57)39(56)35(65-45)27-61-36(53)24-28(2)3/h28-35,37-43,45-52,54-58H,4-27H2,1-3H3,(H,59,60). The van der Waals surface area contributed by atoms with Crippen molar-refractivity contribution in [2.75, 3.05) is 19.8 Å². The van der Waals surface area contributed by atoms with Gasteiger partial charge in [-0.2, -0.15) is 0 Å². The van der Waals surface area contributed by atoms with Crippen LogP contribution in [0.25, 0.3) is 0 Å². The van der Waals surface area contributed by atoms with E-state index in [0.717, 1.165) is 83.5 Å². The second-order valence-corrected chi connectivity index (χ2v) is 19.2. The maximum atomic E-state index is 12.2. The highest BCUT2D eigenvalue weighted by molar-refractivity contribution is 5.71. The average molecular weight is 971 g/mol. The molecule has 17 atom stereocenters. The number of hydrogen-bond acceptors (Lipinski definition) is 19. The minimum atomic E-state index is -1.88. The molecule has 0 radical (unpaired) electrons. The number of esters is 1. The van der Waals surface area contributed by atoms with E-state index in [4.69, 9.17) is 38.3 Å². The number of aliphatic hydroxyl groups is 10. The molecule has 0 spiro atoms. The van der Waals surface area contributed by atoms with Gasteiger partial charge < -0.3 is 89.3 Å². The molecule has 3 rings (SSSR count). The Morgan fingerprint density at radius 1 is 0.567 bits per heavy atom. The summed E-state index contributed by atoms with van der Waals surface area (Å²) in [6.45, 7) is 4.44. The van der Waals surface area contributed by atoms with Gasteiger partial charge in [0.25, 0.3) is 0 Å². The van der Waals surface area contributed by atoms with Crippen LogP contribution in [0.3, 0.4) is 0 Å². The third-order valence-corrected chi connectivity index (χ3v) is 12.8. The van der Waals surface area contributed by atoms with E-state index in [1.807, 2.05) is 13.8 Å². The van der Waals surface area contributed by atoms with E-state index in [-0.39, 0.29) is 18.9 Å². The molecule has 0 aromatic carbocycles. The van der Waals surface area contributed by atoms with E-state index in [0.29, 0.717) is 44.9 Å². The zero-order valence-electron chi connectivity index (χ0n) is 40.0. The van der Waals surface area contributed by atoms with Crippen molar-refractivity contribution in [3.63, 3.8) is 0 Å². The average Bonchev–Trinajstić information content (AvgIpc) is 3.28. The van der Waals surface area contributed by atoms with Crippen molar-refractivity contribution >= 4 is 11.9 Å². The molecule has 17 unspecified atom stereocenters. The maximum absolute atomic E-state index is 12.2. The molecule has 0 aromatic rings. The smallest absolute Gasteiger partial charge is 0.332 e. The number of ether oxygens (including phenoxy) is 7. The number of unbranched alkanes of at least 4 members (excludes halogenated alkanes) is 12. The summed E-state index contributed by atoms with van der Waals surface area (Å²) in [5.41, 5.74) is 0. The number of carboxylic acids is 1. The summed E-state index contributed by atoms with van der Waals surface area (Å²) in [4.78, 5) is 22.9. The van der Waals surface area contributed by atoms with Crippen LogP contribution in [0.1, 0.15) is 156 Å². The van der Waals surface area contributed by atoms with E-state index in [1.165, 1.54) is 0 Å². The van der Waals surface area contributed by atoms with Gasteiger partial charge in [0.1, 0.15) is 67.6 Å². The topological polar surface area (TPSA) is 321 Å². The molecule has 20 nitrogen and oxygen atoms in total. The molecule has 0 amide bonds. The van der Waals surface area contributed by atoms with Crippen LogP contribution in [0.2, 0.25) is 0 Å². The van der Waals surface area contributed by atoms with E-state index in [2.05, 4.69) is 6.92 Å². The molecule has 394 valence electrons. The maximum Gasteiger partial charge on any atom is 0.332 e. The fourth-order valence-corrected chi connectivity index (χ4v) is 8.54. The first-order chi connectivity index (χ1) is 31.9. The van der Waals surface area contributed by atoms with Crippen molar-refractivity contribution in [3.8, 4) is 0 Å². The molecule has 0 saturated carbocycles. The molecule has 20 heteroatoms. The number of carbonyl (C=O) groups excluding carboxylic acids is 1. The number of aliphatic carboxylic acids is 1. The lowest BCUT2D eigenvalue weighted by molar-refractivity contribution is -0.380. The minimum absolute atomic E-state index is 0.0127. The zero-order chi connectivity index (χ0) is 49.5. The van der Waals surface area contributed by atoms with Crippen molar-refractivity contribution in [2.45, 2.75) is 260 Å². The van der Waals surface area contributed by atoms with Crippen LogP contribution in [0.15, 0.2) is 0 Å². The lowest BCUT2D eigenvalue weighted by atomic mass is 9.98. The molecule has 0 bridgehead atoms. The highest BCUT2D eigenvalue weighted by Gasteiger charge is 2.51. The van der Waals surface area contributed by atoms with Gasteiger partial charge in [0, 0.05) is 6.42 Å². The van der Waals surface area contributed by atoms with E-state index < -0.39 is 129 Å². The second-order valence-electron chi connectivity index (χ2n) is 19.2. The number of carbonyl (C=O) groups is 2. The third-order valence-electron chi connectivity index (χ3n) is 12.8. The van der Waals surface area contributed by atoms with Crippen molar-refractivity contribution in [1.29, 1.82) is 0 Å². The SMILES string of the molecule is CCCCCC(CCCC(O)C(O)CCCCCCCCCCCCCC(O)C(=O)O)OC1OCC(O)C(O)C1OC1OCC(O)C(O)C1OC1OC(COC(=O)CC(C)C)C(O)C(O)C1O. The van der Waals surface area contributed by atoms with Gasteiger partial charge in [-0.05, 0) is 44.4 Å². The van der Waals surface area contributed by atoms with Crippen LogP contribution in [0.4, 0.5) is 0 Å². The van der Waals surface area contributed by atoms with E-state index in [9.17, 15) is 60.7 Å². The minimum Gasteiger partial charge on any atom is -0.479 e. The Labute approximate surface area is 395 Å². The van der Waals surface area contributed by atoms with Crippen LogP contribution >= 0.6 is 0 Å². The zero-order valence-corrected chi connectivity index (χ0v) is 40.0. The van der Waals surface area contributed by atoms with Crippen LogP contribution in [0.5, 0.6) is 0 Å². The molecule has 3 fully saturated rings. The lowest BCUT2D eigenvalue weighted by Gasteiger charge is -2.46. The summed E-state index contributed by atoms with van der Waals surface area (Å²) in [5, 5.41) is 115. The summed E-state index contributed by atoms with van der Waals surface area (Å²) in [6.07, 6.45) is -7.87. The highest BCUT2D eigenvalue weighted by Crippen LogP contribution is 2.32. The first kappa shape index (κ1) is 59.6. The van der Waals surface area contributed by atoms with Gasteiger partial charge in [-0.15, -0.1) is 0 Å². The van der Waals surface area contributed by atoms with Gasteiger partial charge in [0.05, 0.1) is 31.5 Å². The van der Waals surface area contributed by atoms with E-state index in [1.54, 1.807) is 0 Å². The monoisotopic (exact) mass is 971 g/mol. The Hall–Kier alpha value is -1.70. The molecular formula is C47H86O20. The normalized spacial score (nSPS) is 32.2. The second kappa shape index (κ2) is 32.3. The van der Waals surface area contributed by atoms with Crippen LogP contribution < -0.4 is 0 Å². The number of aliphatic hydroxyl groups excluding tert-OH is 10. The third kappa shape index (κ3) is 21.3. The van der Waals surface area contributed by atoms with Gasteiger partial charge in [0.2, 0.25) is 0 Å². The molecule has 3 aliphatic rings. The Kier molecular flexibility index (Phi) is 28.7. The predicted octanol–water partition coefficient (Wildman–Crippen LogP) is 1.68. The molecule has 0 aliphatic carbocycles. The predicted molar refractivity (Wildman–Crippen MR) is 239 cm³/mol. The Morgan fingerprint density at radius 2 is 1.04 bits per heavy atom. The van der Waals surface area contributed by atoms with Crippen LogP contribution in [-0.4, -0.2) is 192 Å². The van der Waals surface area contributed by atoms with Gasteiger partial charge in [-0.25, -0.2) is 4.79 Å². The first-order valence-electron chi connectivity index (χ1n) is 25.0. The summed E-state index contributed by atoms with van der Waals surface area (Å²) in [6, 6.07) is 0. The molecule has 3 saturated heterocycles.